The zero-order valence-corrected chi connectivity index (χ0v) is 19.0. The molecule has 2 nitrogen and oxygen atoms in total. The Morgan fingerprint density at radius 3 is 0.955 bits per heavy atom. The van der Waals surface area contributed by atoms with Gasteiger partial charge in [-0.1, -0.05) is 83.1 Å². The van der Waals surface area contributed by atoms with E-state index in [2.05, 4.69) is 87.5 Å². The van der Waals surface area contributed by atoms with E-state index in [4.69, 9.17) is 0 Å². The quantitative estimate of drug-likeness (QED) is 0.605. The standard InChI is InChI=1S/C18H41NOP2/c1-15(2,3)21(16(4,5)6)19(13-14-20)22(17(7,8)9)18(10,11)12/h20H,13-14H2,1-12H3. The van der Waals surface area contributed by atoms with E-state index in [1.54, 1.807) is 0 Å². The molecule has 0 bridgehead atoms. The molecule has 0 aromatic rings. The minimum absolute atomic E-state index is 0.236. The second-order valence-corrected chi connectivity index (χ2v) is 18.0. The summed E-state index contributed by atoms with van der Waals surface area (Å²) in [6.07, 6.45) is 0. The van der Waals surface area contributed by atoms with Gasteiger partial charge in [0.05, 0.1) is 6.61 Å². The van der Waals surface area contributed by atoms with Crippen molar-refractivity contribution >= 4 is 16.1 Å². The molecule has 0 unspecified atom stereocenters. The minimum Gasteiger partial charge on any atom is -0.395 e. The van der Waals surface area contributed by atoms with Crippen LogP contribution in [0.15, 0.2) is 0 Å². The fourth-order valence-electron chi connectivity index (χ4n) is 3.78. The van der Waals surface area contributed by atoms with E-state index in [0.29, 0.717) is 0 Å². The van der Waals surface area contributed by atoms with Gasteiger partial charge in [0.1, 0.15) is 0 Å². The molecule has 0 atom stereocenters. The van der Waals surface area contributed by atoms with E-state index in [-0.39, 0.29) is 43.4 Å². The Morgan fingerprint density at radius 2 is 0.818 bits per heavy atom. The molecule has 0 aliphatic heterocycles. The van der Waals surface area contributed by atoms with Crippen LogP contribution in [0, 0.1) is 0 Å². The van der Waals surface area contributed by atoms with E-state index in [1.165, 1.54) is 0 Å². The summed E-state index contributed by atoms with van der Waals surface area (Å²) in [4.78, 5) is 0. The average Bonchev–Trinajstić information content (AvgIpc) is 2.06. The zero-order chi connectivity index (χ0) is 18.1. The second-order valence-electron chi connectivity index (χ2n) is 10.1. The third kappa shape index (κ3) is 6.35. The number of nitrogens with zero attached hydrogens (tertiary/aromatic N) is 1. The monoisotopic (exact) mass is 349 g/mol. The van der Waals surface area contributed by atoms with Crippen LogP contribution in [0.5, 0.6) is 0 Å². The highest BCUT2D eigenvalue weighted by Gasteiger charge is 2.47. The topological polar surface area (TPSA) is 23.5 Å². The molecular weight excluding hydrogens is 308 g/mol. The third-order valence-electron chi connectivity index (χ3n) is 3.30. The fourth-order valence-corrected chi connectivity index (χ4v) is 15.1. The maximum absolute atomic E-state index is 9.78. The van der Waals surface area contributed by atoms with Crippen LogP contribution in [-0.2, 0) is 0 Å². The van der Waals surface area contributed by atoms with Crippen molar-refractivity contribution in [3.05, 3.63) is 0 Å². The van der Waals surface area contributed by atoms with Crippen molar-refractivity contribution in [2.75, 3.05) is 13.2 Å². The summed E-state index contributed by atoms with van der Waals surface area (Å²) in [5.74, 6) is 0. The molecule has 0 rings (SSSR count). The van der Waals surface area contributed by atoms with Gasteiger partial charge in [-0.2, -0.15) is 0 Å². The predicted octanol–water partition coefficient (Wildman–Crippen LogP) is 6.27. The number of hydrogen-bond donors (Lipinski definition) is 1. The van der Waals surface area contributed by atoms with Crippen LogP contribution in [0.1, 0.15) is 83.1 Å². The lowest BCUT2D eigenvalue weighted by Gasteiger charge is -2.57. The van der Waals surface area contributed by atoms with Gasteiger partial charge >= 0.3 is 0 Å². The third-order valence-corrected chi connectivity index (χ3v) is 10.8. The molecule has 0 fully saturated rings. The summed E-state index contributed by atoms with van der Waals surface area (Å²) < 4.78 is 2.73. The first-order valence-corrected chi connectivity index (χ1v) is 11.0. The summed E-state index contributed by atoms with van der Waals surface area (Å²) in [7, 11) is -0.756. The highest BCUT2D eigenvalue weighted by atomic mass is 31.2. The van der Waals surface area contributed by atoms with Gasteiger partial charge in [-0.15, -0.1) is 0 Å². The summed E-state index contributed by atoms with van der Waals surface area (Å²) in [6.45, 7) is 29.5. The Kier molecular flexibility index (Phi) is 7.61. The van der Waals surface area contributed by atoms with Crippen LogP contribution in [0.2, 0.25) is 0 Å². The van der Waals surface area contributed by atoms with Gasteiger partial charge in [0.25, 0.3) is 0 Å². The number of aliphatic hydroxyl groups is 1. The largest absolute Gasteiger partial charge is 0.395 e. The molecular formula is C18H41NOP2. The van der Waals surface area contributed by atoms with Gasteiger partial charge in [0.2, 0.25) is 0 Å². The maximum Gasteiger partial charge on any atom is 0.0565 e. The summed E-state index contributed by atoms with van der Waals surface area (Å²) in [6, 6.07) is 0. The molecule has 0 heterocycles. The molecule has 0 spiro atoms. The molecule has 1 N–H and O–H groups in total. The minimum atomic E-state index is -0.378. The highest BCUT2D eigenvalue weighted by Crippen LogP contribution is 2.75. The lowest BCUT2D eigenvalue weighted by atomic mass is 10.2. The van der Waals surface area contributed by atoms with Gasteiger partial charge in [-0.05, 0) is 36.8 Å². The van der Waals surface area contributed by atoms with Gasteiger partial charge in [0, 0.05) is 6.54 Å². The Morgan fingerprint density at radius 1 is 0.591 bits per heavy atom. The first-order valence-electron chi connectivity index (χ1n) is 8.43. The molecule has 0 aliphatic carbocycles. The van der Waals surface area contributed by atoms with Crippen molar-refractivity contribution < 1.29 is 5.11 Å². The smallest absolute Gasteiger partial charge is 0.0565 e. The molecule has 4 heteroatoms. The fraction of sp³-hybridized carbons (Fsp3) is 1.00. The van der Waals surface area contributed by atoms with Crippen molar-refractivity contribution in [2.24, 2.45) is 0 Å². The summed E-state index contributed by atoms with van der Waals surface area (Å²) >= 11 is 0. The van der Waals surface area contributed by atoms with Crippen LogP contribution in [-0.4, -0.2) is 43.3 Å². The highest BCUT2D eigenvalue weighted by molar-refractivity contribution is 7.73. The first kappa shape index (κ1) is 22.8. The molecule has 0 saturated carbocycles. The van der Waals surface area contributed by atoms with E-state index >= 15 is 0 Å². The molecule has 0 aromatic carbocycles. The van der Waals surface area contributed by atoms with E-state index < -0.39 is 0 Å². The van der Waals surface area contributed by atoms with E-state index in [9.17, 15) is 5.11 Å². The van der Waals surface area contributed by atoms with Crippen LogP contribution in [0.25, 0.3) is 0 Å². The molecule has 0 saturated heterocycles. The van der Waals surface area contributed by atoms with Crippen molar-refractivity contribution in [3.63, 3.8) is 0 Å². The van der Waals surface area contributed by atoms with Gasteiger partial charge in [-0.3, -0.25) is 4.44 Å². The number of aliphatic hydroxyl groups excluding tert-OH is 1. The Labute approximate surface area is 143 Å². The van der Waals surface area contributed by atoms with Crippen molar-refractivity contribution in [1.82, 2.24) is 4.44 Å². The van der Waals surface area contributed by atoms with E-state index in [1.807, 2.05) is 0 Å². The molecule has 0 aliphatic rings. The lowest BCUT2D eigenvalue weighted by molar-refractivity contribution is 0.282. The lowest BCUT2D eigenvalue weighted by Crippen LogP contribution is -2.41. The van der Waals surface area contributed by atoms with Crippen molar-refractivity contribution in [2.45, 2.75) is 104 Å². The van der Waals surface area contributed by atoms with Gasteiger partial charge in [-0.25, -0.2) is 0 Å². The average molecular weight is 349 g/mol. The first-order chi connectivity index (χ1) is 9.44. The van der Waals surface area contributed by atoms with Crippen LogP contribution in [0.4, 0.5) is 0 Å². The predicted molar refractivity (Wildman–Crippen MR) is 107 cm³/mol. The number of rotatable bonds is 4. The second kappa shape index (κ2) is 7.35. The summed E-state index contributed by atoms with van der Waals surface area (Å²) in [5.41, 5.74) is 0. The summed E-state index contributed by atoms with van der Waals surface area (Å²) in [5, 5.41) is 10.7. The maximum atomic E-state index is 9.78. The van der Waals surface area contributed by atoms with Crippen LogP contribution in [0.3, 0.4) is 0 Å². The molecule has 0 radical (unpaired) electrons. The Hall–Kier alpha value is 0.780. The SMILES string of the molecule is CC(C)(C)P(N(CCO)P(C(C)(C)C)C(C)(C)C)C(C)(C)C. The van der Waals surface area contributed by atoms with Crippen LogP contribution < -0.4 is 0 Å². The normalized spacial score (nSPS) is 15.3. The molecule has 134 valence electrons. The van der Waals surface area contributed by atoms with Gasteiger partial charge in [0.15, 0.2) is 0 Å². The zero-order valence-electron chi connectivity index (χ0n) is 17.2. The van der Waals surface area contributed by atoms with E-state index in [0.717, 1.165) is 6.54 Å². The number of hydrogen-bond acceptors (Lipinski definition) is 2. The molecule has 0 aromatic heterocycles. The Bertz CT molecular complexity index is 282. The molecule has 0 amide bonds. The van der Waals surface area contributed by atoms with Crippen molar-refractivity contribution in [3.8, 4) is 0 Å². The Balaban J connectivity index is 6.14. The molecule has 22 heavy (non-hydrogen) atoms. The van der Waals surface area contributed by atoms with Crippen LogP contribution >= 0.6 is 16.1 Å². The van der Waals surface area contributed by atoms with Crippen molar-refractivity contribution in [1.29, 1.82) is 0 Å². The van der Waals surface area contributed by atoms with Gasteiger partial charge < -0.3 is 5.11 Å².